The molecule has 0 aliphatic heterocycles. The van der Waals surface area contributed by atoms with Crippen molar-refractivity contribution >= 4 is 45.6 Å². The van der Waals surface area contributed by atoms with E-state index in [-0.39, 0.29) is 0 Å². The van der Waals surface area contributed by atoms with Crippen LogP contribution in [0.5, 0.6) is 0 Å². The van der Waals surface area contributed by atoms with E-state index >= 15 is 0 Å². The summed E-state index contributed by atoms with van der Waals surface area (Å²) < 4.78 is 0. The van der Waals surface area contributed by atoms with Crippen LogP contribution in [0.3, 0.4) is 0 Å². The summed E-state index contributed by atoms with van der Waals surface area (Å²) in [4.78, 5) is 4.97. The summed E-state index contributed by atoms with van der Waals surface area (Å²) in [6, 6.07) is 25.5. The van der Waals surface area contributed by atoms with Gasteiger partial charge in [-0.1, -0.05) is 101 Å². The molecule has 184 valence electrons. The fourth-order valence-electron chi connectivity index (χ4n) is 5.77. The number of rotatable bonds is 6. The summed E-state index contributed by atoms with van der Waals surface area (Å²) >= 11 is 0. The normalized spacial score (nSPS) is 12.5. The summed E-state index contributed by atoms with van der Waals surface area (Å²) in [6.07, 6.45) is 4.20. The topological polar surface area (TPSA) is 12.9 Å². The number of hydrogen-bond acceptors (Lipinski definition) is 1. The molecule has 4 aromatic carbocycles. The molecular weight excluding hydrogens is 450 g/mol. The van der Waals surface area contributed by atoms with Gasteiger partial charge in [0.15, 0.2) is 0 Å². The Morgan fingerprint density at radius 2 is 1.17 bits per heavy atom. The Labute approximate surface area is 217 Å². The van der Waals surface area contributed by atoms with Crippen molar-refractivity contribution in [2.45, 2.75) is 60.2 Å². The van der Waals surface area contributed by atoms with Crippen molar-refractivity contribution in [1.29, 1.82) is 0 Å². The molecule has 0 N–H and O–H groups in total. The highest BCUT2D eigenvalue weighted by molar-refractivity contribution is 6.90. The van der Waals surface area contributed by atoms with Gasteiger partial charge in [0.25, 0.3) is 0 Å². The van der Waals surface area contributed by atoms with Crippen molar-refractivity contribution in [3.63, 3.8) is 0 Å². The molecule has 5 rings (SSSR count). The van der Waals surface area contributed by atoms with Crippen LogP contribution in [0, 0.1) is 11.8 Å². The Kier molecular flexibility index (Phi) is 6.51. The lowest BCUT2D eigenvalue weighted by Crippen LogP contribution is -2.38. The Morgan fingerprint density at radius 3 is 1.78 bits per heavy atom. The van der Waals surface area contributed by atoms with Gasteiger partial charge in [-0.25, -0.2) is 0 Å². The van der Waals surface area contributed by atoms with Gasteiger partial charge in [0.1, 0.15) is 0 Å². The highest BCUT2D eigenvalue weighted by Crippen LogP contribution is 2.36. The Bertz CT molecular complexity index is 1540. The van der Waals surface area contributed by atoms with Crippen LogP contribution in [-0.2, 0) is 12.8 Å². The van der Waals surface area contributed by atoms with Crippen LogP contribution >= 0.6 is 0 Å². The Balaban J connectivity index is 1.80. The number of fused-ring (bicyclic) bond motifs is 5. The second-order valence-corrected chi connectivity index (χ2v) is 17.4. The molecule has 0 radical (unpaired) electrons. The maximum atomic E-state index is 4.97. The molecule has 0 bridgehead atoms. The number of aromatic nitrogens is 1. The van der Waals surface area contributed by atoms with Crippen LogP contribution in [0.4, 0.5) is 0 Å². The molecule has 0 aliphatic rings. The van der Waals surface area contributed by atoms with E-state index in [1.165, 1.54) is 54.2 Å². The van der Waals surface area contributed by atoms with Gasteiger partial charge in [0.05, 0.1) is 13.8 Å². The van der Waals surface area contributed by atoms with E-state index in [2.05, 4.69) is 114 Å². The predicted molar refractivity (Wildman–Crippen MR) is 162 cm³/mol. The summed E-state index contributed by atoms with van der Waals surface area (Å²) in [5, 5.41) is 9.57. The Morgan fingerprint density at radius 1 is 0.611 bits per heavy atom. The second-order valence-electron chi connectivity index (χ2n) is 12.4. The van der Waals surface area contributed by atoms with E-state index in [9.17, 15) is 0 Å². The molecule has 5 aromatic rings. The van der Waals surface area contributed by atoms with Crippen LogP contribution in [0.25, 0.3) is 43.6 Å². The first kappa shape index (κ1) is 24.7. The molecule has 2 heteroatoms. The SMILES string of the molecule is CC(C)Cc1cc(CC(C)C)cc(-c2nccc3c2ccc2c4ccccc4c([Si](C)(C)C)cc32)c1. The molecule has 0 saturated carbocycles. The van der Waals surface area contributed by atoms with Crippen molar-refractivity contribution in [2.75, 3.05) is 0 Å². The van der Waals surface area contributed by atoms with Gasteiger partial charge >= 0.3 is 0 Å². The van der Waals surface area contributed by atoms with E-state index in [1.54, 1.807) is 0 Å². The molecule has 0 saturated heterocycles. The van der Waals surface area contributed by atoms with Crippen LogP contribution < -0.4 is 5.19 Å². The van der Waals surface area contributed by atoms with Gasteiger partial charge in [-0.3, -0.25) is 4.98 Å². The zero-order chi connectivity index (χ0) is 25.6. The van der Waals surface area contributed by atoms with E-state index in [1.807, 2.05) is 6.20 Å². The van der Waals surface area contributed by atoms with Crippen LogP contribution in [-0.4, -0.2) is 13.1 Å². The quantitative estimate of drug-likeness (QED) is 0.171. The zero-order valence-corrected chi connectivity index (χ0v) is 23.9. The van der Waals surface area contributed by atoms with Crippen molar-refractivity contribution < 1.29 is 0 Å². The lowest BCUT2D eigenvalue weighted by Gasteiger charge is -2.22. The average molecular weight is 490 g/mol. The van der Waals surface area contributed by atoms with Gasteiger partial charge in [-0.2, -0.15) is 0 Å². The maximum Gasteiger partial charge on any atom is 0.0784 e. The number of pyridine rings is 1. The smallest absolute Gasteiger partial charge is 0.0784 e. The monoisotopic (exact) mass is 489 g/mol. The summed E-state index contributed by atoms with van der Waals surface area (Å²) in [6.45, 7) is 16.6. The second kappa shape index (κ2) is 9.48. The van der Waals surface area contributed by atoms with E-state index in [0.717, 1.165) is 18.5 Å². The minimum absolute atomic E-state index is 0.629. The van der Waals surface area contributed by atoms with Crippen molar-refractivity contribution in [2.24, 2.45) is 11.8 Å². The average Bonchev–Trinajstić information content (AvgIpc) is 2.81. The van der Waals surface area contributed by atoms with Gasteiger partial charge in [0.2, 0.25) is 0 Å². The highest BCUT2D eigenvalue weighted by Gasteiger charge is 2.21. The third-order valence-corrected chi connectivity index (χ3v) is 9.23. The van der Waals surface area contributed by atoms with Crippen molar-refractivity contribution in [3.8, 4) is 11.3 Å². The van der Waals surface area contributed by atoms with Gasteiger partial charge in [-0.05, 0) is 80.9 Å². The predicted octanol–water partition coefficient (Wildman–Crippen LogP) is 9.15. The van der Waals surface area contributed by atoms with Crippen molar-refractivity contribution in [3.05, 3.63) is 84.1 Å². The molecule has 36 heavy (non-hydrogen) atoms. The first-order chi connectivity index (χ1) is 17.1. The molecule has 0 atom stereocenters. The molecular formula is C34H39NSi. The molecule has 0 aliphatic carbocycles. The van der Waals surface area contributed by atoms with Gasteiger partial charge < -0.3 is 0 Å². The number of nitrogens with zero attached hydrogens (tertiary/aromatic N) is 1. The maximum absolute atomic E-state index is 4.97. The molecule has 0 amide bonds. The van der Waals surface area contributed by atoms with Crippen LogP contribution in [0.15, 0.2) is 72.9 Å². The fraction of sp³-hybridized carbons (Fsp3) is 0.324. The fourth-order valence-corrected chi connectivity index (χ4v) is 7.38. The highest BCUT2D eigenvalue weighted by atomic mass is 28.3. The van der Waals surface area contributed by atoms with Crippen molar-refractivity contribution in [1.82, 2.24) is 4.98 Å². The lowest BCUT2D eigenvalue weighted by atomic mass is 9.91. The Hall–Kier alpha value is -2.97. The lowest BCUT2D eigenvalue weighted by molar-refractivity contribution is 0.636. The van der Waals surface area contributed by atoms with Crippen LogP contribution in [0.1, 0.15) is 38.8 Å². The van der Waals surface area contributed by atoms with Crippen LogP contribution in [0.2, 0.25) is 19.6 Å². The minimum Gasteiger partial charge on any atom is -0.256 e. The molecule has 1 nitrogen and oxygen atoms in total. The molecule has 0 spiro atoms. The molecule has 0 unspecified atom stereocenters. The largest absolute Gasteiger partial charge is 0.256 e. The molecule has 0 fully saturated rings. The standard InChI is InChI=1S/C34H39NSi/c1-22(2)16-24-18-25(17-23(3)4)20-26(19-24)34-31-13-12-28-27-10-8-9-11-30(27)33(36(5,6)7)21-32(28)29(31)14-15-35-34/h8-15,18-23H,16-17H2,1-7H3. The third-order valence-electron chi connectivity index (χ3n) is 7.21. The number of benzene rings is 4. The van der Waals surface area contributed by atoms with E-state index < -0.39 is 8.07 Å². The molecule has 1 heterocycles. The summed E-state index contributed by atoms with van der Waals surface area (Å²) in [7, 11) is -1.54. The summed E-state index contributed by atoms with van der Waals surface area (Å²) in [5.41, 5.74) is 5.20. The van der Waals surface area contributed by atoms with E-state index in [0.29, 0.717) is 11.8 Å². The number of hydrogen-bond donors (Lipinski definition) is 0. The first-order valence-corrected chi connectivity index (χ1v) is 17.0. The minimum atomic E-state index is -1.54. The third kappa shape index (κ3) is 4.71. The summed E-state index contributed by atoms with van der Waals surface area (Å²) in [5.74, 6) is 1.26. The molecule has 1 aromatic heterocycles. The zero-order valence-electron chi connectivity index (χ0n) is 22.9. The first-order valence-electron chi connectivity index (χ1n) is 13.5. The van der Waals surface area contributed by atoms with Gasteiger partial charge in [-0.15, -0.1) is 0 Å². The van der Waals surface area contributed by atoms with Gasteiger partial charge in [0, 0.05) is 17.1 Å². The van der Waals surface area contributed by atoms with E-state index in [4.69, 9.17) is 4.98 Å².